The van der Waals surface area contributed by atoms with Crippen molar-refractivity contribution in [2.75, 3.05) is 12.3 Å². The Hall–Kier alpha value is -1.63. The van der Waals surface area contributed by atoms with Crippen LogP contribution in [0.4, 0.5) is 8.78 Å². The third-order valence-corrected chi connectivity index (χ3v) is 3.63. The van der Waals surface area contributed by atoms with Crippen LogP contribution in [0.5, 0.6) is 5.75 Å². The van der Waals surface area contributed by atoms with Gasteiger partial charge in [-0.1, -0.05) is 11.8 Å². The van der Waals surface area contributed by atoms with Crippen molar-refractivity contribution < 1.29 is 18.3 Å². The standard InChI is InChI=1S/C13H14F2N2O2S/c1-7-5-9(6-8(2)10(7)19-12(14)15)11(18)17-13-16-3-4-20-13/h5-6,12H,3-4H2,1-2H3,(H,16,17,18). The van der Waals surface area contributed by atoms with Gasteiger partial charge in [-0.3, -0.25) is 9.79 Å². The highest BCUT2D eigenvalue weighted by Crippen LogP contribution is 2.26. The van der Waals surface area contributed by atoms with Crippen LogP contribution in [-0.4, -0.2) is 30.0 Å². The minimum absolute atomic E-state index is 0.115. The van der Waals surface area contributed by atoms with Crippen LogP contribution in [0.15, 0.2) is 17.1 Å². The summed E-state index contributed by atoms with van der Waals surface area (Å²) in [4.78, 5) is 16.2. The van der Waals surface area contributed by atoms with Gasteiger partial charge in [0.15, 0.2) is 5.17 Å². The summed E-state index contributed by atoms with van der Waals surface area (Å²) < 4.78 is 29.0. The maximum atomic E-state index is 12.3. The van der Waals surface area contributed by atoms with Crippen molar-refractivity contribution >= 4 is 22.8 Å². The second-order valence-electron chi connectivity index (χ2n) is 4.31. The van der Waals surface area contributed by atoms with Crippen LogP contribution in [0, 0.1) is 13.8 Å². The van der Waals surface area contributed by atoms with Gasteiger partial charge in [-0.25, -0.2) is 0 Å². The van der Waals surface area contributed by atoms with Crippen LogP contribution in [0.25, 0.3) is 0 Å². The number of hydrogen-bond donors (Lipinski definition) is 1. The van der Waals surface area contributed by atoms with Gasteiger partial charge in [0, 0.05) is 11.3 Å². The van der Waals surface area contributed by atoms with E-state index in [1.54, 1.807) is 13.8 Å². The monoisotopic (exact) mass is 300 g/mol. The highest BCUT2D eigenvalue weighted by Gasteiger charge is 2.16. The second-order valence-corrected chi connectivity index (χ2v) is 5.39. The molecule has 0 atom stereocenters. The van der Waals surface area contributed by atoms with Crippen molar-refractivity contribution in [2.45, 2.75) is 20.5 Å². The van der Waals surface area contributed by atoms with Gasteiger partial charge in [-0.2, -0.15) is 8.78 Å². The third-order valence-electron chi connectivity index (χ3n) is 2.74. The largest absolute Gasteiger partial charge is 0.434 e. The van der Waals surface area contributed by atoms with E-state index in [1.807, 2.05) is 0 Å². The smallest absolute Gasteiger partial charge is 0.387 e. The number of benzene rings is 1. The molecular weight excluding hydrogens is 286 g/mol. The van der Waals surface area contributed by atoms with Gasteiger partial charge in [0.2, 0.25) is 0 Å². The first-order valence-electron chi connectivity index (χ1n) is 6.02. The van der Waals surface area contributed by atoms with Gasteiger partial charge < -0.3 is 10.1 Å². The van der Waals surface area contributed by atoms with E-state index in [1.165, 1.54) is 23.9 Å². The van der Waals surface area contributed by atoms with Crippen LogP contribution in [-0.2, 0) is 0 Å². The van der Waals surface area contributed by atoms with E-state index >= 15 is 0 Å². The molecule has 1 heterocycles. The van der Waals surface area contributed by atoms with Crippen molar-refractivity contribution in [2.24, 2.45) is 4.99 Å². The Morgan fingerprint density at radius 2 is 2.05 bits per heavy atom. The maximum absolute atomic E-state index is 12.3. The average Bonchev–Trinajstić information content (AvgIpc) is 2.86. The number of halogens is 2. The molecule has 0 aromatic heterocycles. The van der Waals surface area contributed by atoms with E-state index in [0.717, 1.165) is 5.75 Å². The number of amides is 1. The SMILES string of the molecule is Cc1cc(C(=O)NC2=NCCS2)cc(C)c1OC(F)F. The molecule has 1 aliphatic heterocycles. The Morgan fingerprint density at radius 3 is 2.55 bits per heavy atom. The second kappa shape index (κ2) is 6.21. The van der Waals surface area contributed by atoms with E-state index in [2.05, 4.69) is 15.0 Å². The van der Waals surface area contributed by atoms with Crippen LogP contribution in [0.3, 0.4) is 0 Å². The van der Waals surface area contributed by atoms with Gasteiger partial charge >= 0.3 is 6.61 Å². The van der Waals surface area contributed by atoms with Gasteiger partial charge in [0.05, 0.1) is 6.54 Å². The number of carbonyl (C=O) groups is 1. The molecule has 0 spiro atoms. The van der Waals surface area contributed by atoms with Crippen LogP contribution >= 0.6 is 11.8 Å². The normalized spacial score (nSPS) is 14.3. The molecule has 2 rings (SSSR count). The number of thioether (sulfide) groups is 1. The van der Waals surface area contributed by atoms with Crippen molar-refractivity contribution in [3.63, 3.8) is 0 Å². The summed E-state index contributed by atoms with van der Waals surface area (Å²) in [6.45, 7) is 1.07. The fourth-order valence-corrected chi connectivity index (χ4v) is 2.66. The molecule has 108 valence electrons. The first kappa shape index (κ1) is 14.8. The third kappa shape index (κ3) is 3.47. The summed E-state index contributed by atoms with van der Waals surface area (Å²) in [7, 11) is 0. The van der Waals surface area contributed by atoms with Gasteiger partial charge in [-0.15, -0.1) is 0 Å². The van der Waals surface area contributed by atoms with Gasteiger partial charge in [0.25, 0.3) is 5.91 Å². The van der Waals surface area contributed by atoms with Gasteiger partial charge in [0.1, 0.15) is 5.75 Å². The van der Waals surface area contributed by atoms with E-state index in [-0.39, 0.29) is 11.7 Å². The molecule has 4 nitrogen and oxygen atoms in total. The highest BCUT2D eigenvalue weighted by atomic mass is 32.2. The number of aliphatic imine (C=N–C) groups is 1. The predicted molar refractivity (Wildman–Crippen MR) is 74.8 cm³/mol. The van der Waals surface area contributed by atoms with E-state index in [9.17, 15) is 13.6 Å². The van der Waals surface area contributed by atoms with Gasteiger partial charge in [-0.05, 0) is 37.1 Å². The fourth-order valence-electron chi connectivity index (χ4n) is 1.94. The maximum Gasteiger partial charge on any atom is 0.387 e. The molecule has 1 aliphatic rings. The van der Waals surface area contributed by atoms with E-state index in [0.29, 0.717) is 28.4 Å². The molecule has 1 aromatic rings. The first-order chi connectivity index (χ1) is 9.47. The van der Waals surface area contributed by atoms with Crippen LogP contribution in [0.2, 0.25) is 0 Å². The Morgan fingerprint density at radius 1 is 1.40 bits per heavy atom. The molecule has 0 saturated carbocycles. The molecule has 0 bridgehead atoms. The fraction of sp³-hybridized carbons (Fsp3) is 0.385. The molecule has 20 heavy (non-hydrogen) atoms. The number of ether oxygens (including phenoxy) is 1. The number of alkyl halides is 2. The summed E-state index contributed by atoms with van der Waals surface area (Å²) in [6, 6.07) is 3.06. The number of rotatable bonds is 3. The zero-order valence-corrected chi connectivity index (χ0v) is 11.9. The number of nitrogens with one attached hydrogen (secondary N) is 1. The number of nitrogens with zero attached hydrogens (tertiary/aromatic N) is 1. The molecule has 0 unspecified atom stereocenters. The molecule has 1 aromatic carbocycles. The topological polar surface area (TPSA) is 50.7 Å². The Kier molecular flexibility index (Phi) is 4.59. The number of carbonyl (C=O) groups excluding carboxylic acids is 1. The number of aryl methyl sites for hydroxylation is 2. The highest BCUT2D eigenvalue weighted by molar-refractivity contribution is 8.14. The quantitative estimate of drug-likeness (QED) is 0.934. The molecule has 0 fully saturated rings. The molecule has 0 saturated heterocycles. The van der Waals surface area contributed by atoms with E-state index in [4.69, 9.17) is 0 Å². The summed E-state index contributed by atoms with van der Waals surface area (Å²) in [5.74, 6) is 0.673. The van der Waals surface area contributed by atoms with Crippen molar-refractivity contribution in [3.8, 4) is 5.75 Å². The average molecular weight is 300 g/mol. The molecular formula is C13H14F2N2O2S. The zero-order chi connectivity index (χ0) is 14.7. The molecule has 0 aliphatic carbocycles. The zero-order valence-electron chi connectivity index (χ0n) is 11.1. The van der Waals surface area contributed by atoms with E-state index < -0.39 is 6.61 Å². The molecule has 7 heteroatoms. The van der Waals surface area contributed by atoms with Crippen molar-refractivity contribution in [3.05, 3.63) is 28.8 Å². The predicted octanol–water partition coefficient (Wildman–Crippen LogP) is 2.74. The first-order valence-corrected chi connectivity index (χ1v) is 7.00. The minimum atomic E-state index is -2.88. The summed E-state index contributed by atoms with van der Waals surface area (Å²) in [6.07, 6.45) is 0. The Bertz CT molecular complexity index is 538. The lowest BCUT2D eigenvalue weighted by atomic mass is 10.1. The van der Waals surface area contributed by atoms with Crippen LogP contribution < -0.4 is 10.1 Å². The van der Waals surface area contributed by atoms with Crippen LogP contribution in [0.1, 0.15) is 21.5 Å². The minimum Gasteiger partial charge on any atom is -0.434 e. The summed E-state index contributed by atoms with van der Waals surface area (Å²) in [5, 5.41) is 3.29. The number of hydrogen-bond acceptors (Lipinski definition) is 4. The lowest BCUT2D eigenvalue weighted by Gasteiger charge is -2.13. The number of amidine groups is 1. The Balaban J connectivity index is 2.18. The molecule has 1 N–H and O–H groups in total. The molecule has 0 radical (unpaired) electrons. The Labute approximate surface area is 119 Å². The molecule has 1 amide bonds. The summed E-state index contributed by atoms with van der Waals surface area (Å²) >= 11 is 1.48. The van der Waals surface area contributed by atoms with Crippen molar-refractivity contribution in [1.82, 2.24) is 5.32 Å². The lowest BCUT2D eigenvalue weighted by Crippen LogP contribution is -2.27. The lowest BCUT2D eigenvalue weighted by molar-refractivity contribution is -0.0507. The summed E-state index contributed by atoms with van der Waals surface area (Å²) in [5.41, 5.74) is 1.39. The van der Waals surface area contributed by atoms with Crippen molar-refractivity contribution in [1.29, 1.82) is 0 Å².